The van der Waals surface area contributed by atoms with Crippen LogP contribution in [0.15, 0.2) is 128 Å². The number of fused-ring (bicyclic) bond motifs is 4. The van der Waals surface area contributed by atoms with Gasteiger partial charge in [-0.05, 0) is 98.5 Å². The second-order valence-electron chi connectivity index (χ2n) is 34.3. The number of unbranched alkanes of at least 4 members (excludes halogenated alkanes) is 1. The molecule has 3 aliphatic rings. The molecule has 7 aromatic rings. The van der Waals surface area contributed by atoms with Gasteiger partial charge in [0.2, 0.25) is 94.5 Å². The number of imidazole rings is 1. The zero-order valence-electron chi connectivity index (χ0n) is 76.1. The summed E-state index contributed by atoms with van der Waals surface area (Å²) in [6, 6.07) is 7.45. The van der Waals surface area contributed by atoms with Crippen molar-refractivity contribution in [2.24, 2.45) is 28.9 Å². The highest BCUT2D eigenvalue weighted by atomic mass is 32.2. The maximum absolute atomic E-state index is 16.0. The largest absolute Gasteiger partial charge is 0.508 e. The number of primary amides is 2. The Kier molecular flexibility index (Phi) is 37.6. The van der Waals surface area contributed by atoms with Crippen molar-refractivity contribution in [3.63, 3.8) is 0 Å². The number of phenolic OH excluding ortho intramolecular Hbond substituents is 1. The van der Waals surface area contributed by atoms with Crippen LogP contribution in [0.3, 0.4) is 0 Å². The van der Waals surface area contributed by atoms with E-state index in [9.17, 15) is 63.3 Å². The number of rotatable bonds is 24. The number of hydrogen-bond donors (Lipinski definition) is 19. The number of aromatic hydroxyl groups is 1. The van der Waals surface area contributed by atoms with E-state index < -0.39 is 266 Å². The molecule has 43 nitrogen and oxygen atoms in total. The van der Waals surface area contributed by atoms with E-state index in [2.05, 4.69) is 67.8 Å². The van der Waals surface area contributed by atoms with Crippen LogP contribution in [0.5, 0.6) is 5.75 Å². The Morgan fingerprint density at radius 2 is 1.12 bits per heavy atom. The smallest absolute Gasteiger partial charge is 0.303 e. The first-order valence-electron chi connectivity index (χ1n) is 44.9. The summed E-state index contributed by atoms with van der Waals surface area (Å²) >= 11 is 0.747. The molecule has 3 aromatic heterocycles. The molecule has 44 heteroatoms. The lowest BCUT2D eigenvalue weighted by Gasteiger charge is -2.36. The molecule has 0 radical (unpaired) electrons. The summed E-state index contributed by atoms with van der Waals surface area (Å²) in [4.78, 5) is 282. The van der Waals surface area contributed by atoms with Crippen LogP contribution in [0.4, 0.5) is 0 Å². The molecule has 136 heavy (non-hydrogen) atoms. The molecular formula is C92H120N22O21S. The number of hydrogen-bond acceptors (Lipinski definition) is 24. The van der Waals surface area contributed by atoms with E-state index in [-0.39, 0.29) is 75.9 Å². The molecule has 0 unspecified atom stereocenters. The number of para-hydroxylation sites is 2. The summed E-state index contributed by atoms with van der Waals surface area (Å²) in [7, 11) is 3.87. The fraction of sp³-hybridized carbons (Fsp3) is 0.467. The van der Waals surface area contributed by atoms with Crippen molar-refractivity contribution in [2.75, 3.05) is 65.4 Å². The zero-order valence-corrected chi connectivity index (χ0v) is 77.0. The molecule has 10 rings (SSSR count). The third kappa shape index (κ3) is 28.0. The number of likely N-dealkylation sites (N-methyl/N-ethyl adjacent to an activating group) is 3. The molecule has 0 bridgehead atoms. The number of aliphatic hydroxyl groups is 1. The van der Waals surface area contributed by atoms with Gasteiger partial charge in [0.15, 0.2) is 5.78 Å². The summed E-state index contributed by atoms with van der Waals surface area (Å²) < 4.78 is 0. The van der Waals surface area contributed by atoms with Gasteiger partial charge in [0, 0.05) is 138 Å². The minimum Gasteiger partial charge on any atom is -0.508 e. The molecule has 0 aliphatic carbocycles. The fourth-order valence-corrected chi connectivity index (χ4v) is 17.8. The van der Waals surface area contributed by atoms with Crippen LogP contribution in [0, 0.1) is 5.92 Å². The number of phenols is 1. The normalized spacial score (nSPS) is 24.7. The Bertz CT molecular complexity index is 5470. The van der Waals surface area contributed by atoms with Crippen LogP contribution in [0.1, 0.15) is 112 Å². The van der Waals surface area contributed by atoms with E-state index in [0.717, 1.165) is 36.3 Å². The number of H-pyrrole nitrogens is 3. The Balaban J connectivity index is 1.03. The van der Waals surface area contributed by atoms with Crippen molar-refractivity contribution in [3.05, 3.63) is 156 Å². The van der Waals surface area contributed by atoms with Gasteiger partial charge in [0.25, 0.3) is 0 Å². The van der Waals surface area contributed by atoms with Gasteiger partial charge in [-0.25, -0.2) is 4.98 Å². The van der Waals surface area contributed by atoms with E-state index in [1.54, 1.807) is 91.3 Å². The molecule has 6 heterocycles. The van der Waals surface area contributed by atoms with Crippen molar-refractivity contribution < 1.29 is 102 Å². The van der Waals surface area contributed by atoms with E-state index in [0.29, 0.717) is 56.9 Å². The number of aliphatic hydroxyl groups excluding tert-OH is 1. The van der Waals surface area contributed by atoms with E-state index in [1.807, 2.05) is 6.92 Å². The molecule has 23 N–H and O–H groups in total. The Labute approximate surface area is 787 Å². The molecular weight excluding hydrogens is 1780 g/mol. The highest BCUT2D eigenvalue weighted by molar-refractivity contribution is 8.00. The maximum atomic E-state index is 16.0. The number of nitrogens with zero attached hydrogens (tertiary/aromatic N) is 6. The van der Waals surface area contributed by atoms with Gasteiger partial charge in [-0.2, -0.15) is 0 Å². The predicted octanol–water partition coefficient (Wildman–Crippen LogP) is -2.92. The second-order valence-corrected chi connectivity index (χ2v) is 35.3. The number of carbonyl (C=O) groups excluding carboxylic acids is 17. The highest BCUT2D eigenvalue weighted by Gasteiger charge is 2.47. The summed E-state index contributed by atoms with van der Waals surface area (Å²) in [6.45, 7) is 0.758. The number of ketones is 1. The van der Waals surface area contributed by atoms with Gasteiger partial charge < -0.3 is 126 Å². The molecule has 3 aliphatic heterocycles. The SMILES string of the molecule is CCCC[C@H]1C(=O)N[C@@H](CN)C(=O)N[C@H](C(=O)NCC(N)=O)CSCC(=O)N[C@@H](Cc2ccc(O)cc2)C(=O)N(C)[C@@H](C)C(=O)N[C@@H](CC(N)=O)C(=O)N2CCC[C@H]2C(=O)N[C@@H](Cc2c[nH]cn2)C(=O)N[C@@H](CCC(=O)O)C(=O)N2C[C@H](O)C[C@H]2C(=O)C[C@@H](Cc2c[nH]c3ccccc23)C(=O)N[C@@H](CCN)C(=O)N[C@@H](Cc2c[nH]c3ccccc23)C(=O)N(C)[C@@H](Cc2ccccc2)C(=O)N1C. The van der Waals surface area contributed by atoms with Crippen LogP contribution in [0.2, 0.25) is 0 Å². The third-order valence-electron chi connectivity index (χ3n) is 24.5. The predicted molar refractivity (Wildman–Crippen MR) is 495 cm³/mol. The summed E-state index contributed by atoms with van der Waals surface area (Å²) in [5.74, 6) is -20.3. The first-order valence-corrected chi connectivity index (χ1v) is 46.1. The van der Waals surface area contributed by atoms with E-state index >= 15 is 38.4 Å². The van der Waals surface area contributed by atoms with Gasteiger partial charge in [0.05, 0.1) is 42.9 Å². The number of benzene rings is 4. The lowest BCUT2D eigenvalue weighted by atomic mass is 9.90. The lowest BCUT2D eigenvalue weighted by Crippen LogP contribution is -2.61. The van der Waals surface area contributed by atoms with Crippen LogP contribution in [-0.4, -0.2) is 316 Å². The van der Waals surface area contributed by atoms with Crippen LogP contribution >= 0.6 is 11.8 Å². The van der Waals surface area contributed by atoms with Gasteiger partial charge in [-0.15, -0.1) is 11.8 Å². The number of nitrogens with two attached hydrogens (primary N) is 4. The number of amides is 16. The first kappa shape index (κ1) is 104. The number of carboxylic acids is 1. The Hall–Kier alpha value is -14.1. The van der Waals surface area contributed by atoms with Crippen molar-refractivity contribution in [3.8, 4) is 5.75 Å². The fourth-order valence-electron chi connectivity index (χ4n) is 16.9. The molecule has 0 spiro atoms. The number of nitrogens with one attached hydrogen (secondary N) is 12. The Morgan fingerprint density at radius 3 is 1.76 bits per heavy atom. The summed E-state index contributed by atoms with van der Waals surface area (Å²) in [5, 5.41) is 56.6. The van der Waals surface area contributed by atoms with Gasteiger partial charge in [-0.3, -0.25) is 86.3 Å². The number of aromatic nitrogens is 4. The number of Topliss-reactive ketones (excluding diaryl/α,β-unsaturated/α-hetero) is 1. The van der Waals surface area contributed by atoms with Gasteiger partial charge in [-0.1, -0.05) is 98.6 Å². The topological polar surface area (TPSA) is 657 Å². The average Bonchev–Trinajstić information content (AvgIpc) is 1.46. The third-order valence-corrected chi connectivity index (χ3v) is 25.5. The zero-order chi connectivity index (χ0) is 98.7. The molecule has 730 valence electrons. The molecule has 3 saturated heterocycles. The minimum atomic E-state index is -1.82. The monoisotopic (exact) mass is 1900 g/mol. The van der Waals surface area contributed by atoms with Crippen LogP contribution < -0.4 is 70.8 Å². The summed E-state index contributed by atoms with van der Waals surface area (Å²) in [5.41, 5.74) is 27.1. The molecule has 0 saturated carbocycles. The van der Waals surface area contributed by atoms with E-state index in [4.69, 9.17) is 22.9 Å². The van der Waals surface area contributed by atoms with Crippen LogP contribution in [-0.2, 0) is 118 Å². The number of carbonyl (C=O) groups is 18. The standard InChI is InChI=1S/C92H120N22O21S/c1-6-7-22-71-86(129)108-69(41-94)85(128)109-70(82(125)100-45-77(96)119)47-136-48-78(120)102-66(33-52-24-26-57(115)27-25-52)88(131)110(3)50(2)80(123)106-68(40-76(95)118)91(134)113-32-15-23-72(113)87(130)105-65(38-56-44-97-49-101-56)84(127)104-64(28-29-79(121)122)90(133)114-46-58(116)39-73(114)75(117)37-53(35-54-42-98-61-20-13-11-18-59(54)61)81(124)103-63(30-31-93)83(126)107-67(36-55-43-99-62-21-14-12-19-60(55)62)89(132)112(5)74(92(135)111(71)4)34-51-16-9-8-10-17-51/h8-14,16-21,24-27,42-44,49-50,53,58,63-74,98-99,115-116H,6-7,15,22-23,28-41,45-48,93-94H2,1-5H3,(H2,95,118)(H2,96,119)(H,97,101)(H,100,125)(H,102,120)(H,103,124)(H,104,127)(H,105,130)(H,106,123)(H,107,126)(H,108,129)(H,109,128)(H,121,122)/t50-,53+,58+,63-,64-,65-,66-,67-,68-,69-,70-,71-,72-,73-,74-/m0/s1. The Morgan fingerprint density at radius 1 is 0.544 bits per heavy atom. The van der Waals surface area contributed by atoms with Crippen molar-refractivity contribution in [1.29, 1.82) is 0 Å². The number of aromatic amines is 3. The lowest BCUT2D eigenvalue weighted by molar-refractivity contribution is -0.149. The molecule has 15 atom stereocenters. The van der Waals surface area contributed by atoms with Crippen molar-refractivity contribution >= 4 is 140 Å². The minimum absolute atomic E-state index is 0.0376. The van der Waals surface area contributed by atoms with Crippen molar-refractivity contribution in [1.82, 2.24) is 92.3 Å². The quantitative estimate of drug-likeness (QED) is 0.0288. The number of carboxylic acid groups (broad SMARTS) is 1. The van der Waals surface area contributed by atoms with E-state index in [1.165, 1.54) is 64.9 Å². The second kappa shape index (κ2) is 49.2. The summed E-state index contributed by atoms with van der Waals surface area (Å²) in [6.07, 6.45) is 0.285. The number of aliphatic carboxylic acids is 1. The molecule has 3 fully saturated rings. The first-order chi connectivity index (χ1) is 64.9. The van der Waals surface area contributed by atoms with Gasteiger partial charge >= 0.3 is 5.97 Å². The van der Waals surface area contributed by atoms with Crippen molar-refractivity contribution in [2.45, 2.75) is 201 Å². The van der Waals surface area contributed by atoms with Gasteiger partial charge in [0.1, 0.15) is 78.3 Å². The van der Waals surface area contributed by atoms with Crippen LogP contribution in [0.25, 0.3) is 21.8 Å². The molecule has 16 amide bonds. The molecule has 4 aromatic carbocycles. The number of thioether (sulfide) groups is 1. The highest BCUT2D eigenvalue weighted by Crippen LogP contribution is 2.30. The maximum Gasteiger partial charge on any atom is 0.303 e. The average molecular weight is 1900 g/mol.